The van der Waals surface area contributed by atoms with Crippen LogP contribution in [0.25, 0.3) is 0 Å². The van der Waals surface area contributed by atoms with E-state index in [-0.39, 0.29) is 23.2 Å². The van der Waals surface area contributed by atoms with E-state index in [1.165, 1.54) is 19.3 Å². The first-order chi connectivity index (χ1) is 9.88. The lowest BCUT2D eigenvalue weighted by Crippen LogP contribution is -2.38. The van der Waals surface area contributed by atoms with Gasteiger partial charge in [-0.15, -0.1) is 0 Å². The number of rotatable bonds is 6. The van der Waals surface area contributed by atoms with Crippen molar-refractivity contribution in [3.8, 4) is 0 Å². The molecule has 0 saturated carbocycles. The Balaban J connectivity index is 2.91. The molecule has 0 bridgehead atoms. The van der Waals surface area contributed by atoms with E-state index in [4.69, 9.17) is 11.6 Å². The maximum atomic E-state index is 12.2. The minimum atomic E-state index is -0.770. The number of likely N-dealkylation sites (N-methyl/N-ethyl adjacent to an activating group) is 1. The van der Waals surface area contributed by atoms with Crippen LogP contribution in [-0.2, 0) is 4.79 Å². The Hall–Kier alpha value is -2.22. The summed E-state index contributed by atoms with van der Waals surface area (Å²) in [5.74, 6) is -1.01. The van der Waals surface area contributed by atoms with Crippen LogP contribution in [0.3, 0.4) is 0 Å². The molecule has 0 aliphatic rings. The fraction of sp³-hybridized carbons (Fsp3) is 0.417. The SMILES string of the molecule is CCCNC(=O)CN(C)C(=O)c1ccnc(Cl)c1[N+](=O)[O-]. The molecule has 0 aromatic carbocycles. The van der Waals surface area contributed by atoms with Gasteiger partial charge in [-0.1, -0.05) is 18.5 Å². The quantitative estimate of drug-likeness (QED) is 0.483. The van der Waals surface area contributed by atoms with Crippen molar-refractivity contribution in [2.75, 3.05) is 20.1 Å². The van der Waals surface area contributed by atoms with Crippen LogP contribution in [-0.4, -0.2) is 46.8 Å². The first-order valence-electron chi connectivity index (χ1n) is 6.19. The molecule has 1 N–H and O–H groups in total. The highest BCUT2D eigenvalue weighted by molar-refractivity contribution is 6.32. The first-order valence-corrected chi connectivity index (χ1v) is 6.57. The highest BCUT2D eigenvalue weighted by Gasteiger charge is 2.27. The monoisotopic (exact) mass is 314 g/mol. The molecular weight excluding hydrogens is 300 g/mol. The van der Waals surface area contributed by atoms with Crippen molar-refractivity contribution in [2.45, 2.75) is 13.3 Å². The van der Waals surface area contributed by atoms with Gasteiger partial charge in [0, 0.05) is 19.8 Å². The van der Waals surface area contributed by atoms with E-state index >= 15 is 0 Å². The lowest BCUT2D eigenvalue weighted by atomic mass is 10.2. The summed E-state index contributed by atoms with van der Waals surface area (Å²) in [7, 11) is 1.38. The Labute approximate surface area is 126 Å². The third kappa shape index (κ3) is 4.38. The molecule has 1 heterocycles. The molecule has 1 rings (SSSR count). The summed E-state index contributed by atoms with van der Waals surface area (Å²) in [5, 5.41) is 13.2. The van der Waals surface area contributed by atoms with E-state index in [0.29, 0.717) is 6.54 Å². The van der Waals surface area contributed by atoms with Crippen molar-refractivity contribution < 1.29 is 14.5 Å². The number of halogens is 1. The van der Waals surface area contributed by atoms with Gasteiger partial charge in [0.1, 0.15) is 5.56 Å². The number of pyridine rings is 1. The van der Waals surface area contributed by atoms with E-state index < -0.39 is 16.5 Å². The predicted octanol–water partition coefficient (Wildman–Crippen LogP) is 1.24. The van der Waals surface area contributed by atoms with Crippen LogP contribution in [0.2, 0.25) is 5.15 Å². The smallest absolute Gasteiger partial charge is 0.319 e. The predicted molar refractivity (Wildman–Crippen MR) is 76.2 cm³/mol. The standard InChI is InChI=1S/C12H15ClN4O4/c1-3-5-14-9(18)7-16(2)12(19)8-4-6-15-11(13)10(8)17(20)21/h4,6H,3,5,7H2,1-2H3,(H,14,18). The molecular formula is C12H15ClN4O4. The molecule has 2 amide bonds. The normalized spacial score (nSPS) is 10.0. The van der Waals surface area contributed by atoms with Crippen molar-refractivity contribution in [1.29, 1.82) is 0 Å². The third-order valence-corrected chi connectivity index (χ3v) is 2.87. The Morgan fingerprint density at radius 3 is 2.76 bits per heavy atom. The average Bonchev–Trinajstić information content (AvgIpc) is 2.43. The number of hydrogen-bond donors (Lipinski definition) is 1. The fourth-order valence-electron chi connectivity index (χ4n) is 1.59. The molecule has 0 spiro atoms. The second-order valence-corrected chi connectivity index (χ2v) is 4.62. The second-order valence-electron chi connectivity index (χ2n) is 4.27. The lowest BCUT2D eigenvalue weighted by Gasteiger charge is -2.16. The van der Waals surface area contributed by atoms with Crippen LogP contribution in [0.4, 0.5) is 5.69 Å². The first kappa shape index (κ1) is 16.8. The number of hydrogen-bond acceptors (Lipinski definition) is 5. The van der Waals surface area contributed by atoms with Crippen molar-refractivity contribution in [1.82, 2.24) is 15.2 Å². The molecule has 0 fully saturated rings. The molecule has 21 heavy (non-hydrogen) atoms. The second kappa shape index (κ2) is 7.53. The maximum Gasteiger partial charge on any atom is 0.319 e. The van der Waals surface area contributed by atoms with Gasteiger partial charge >= 0.3 is 5.69 Å². The molecule has 9 heteroatoms. The lowest BCUT2D eigenvalue weighted by molar-refractivity contribution is -0.385. The number of nitrogens with zero attached hydrogens (tertiary/aromatic N) is 3. The molecule has 1 aromatic heterocycles. The molecule has 8 nitrogen and oxygen atoms in total. The van der Waals surface area contributed by atoms with Gasteiger partial charge in [0.25, 0.3) is 5.91 Å². The van der Waals surface area contributed by atoms with Crippen LogP contribution in [0.1, 0.15) is 23.7 Å². The summed E-state index contributed by atoms with van der Waals surface area (Å²) in [5.41, 5.74) is -0.768. The highest BCUT2D eigenvalue weighted by atomic mass is 35.5. The minimum absolute atomic E-state index is 0.198. The van der Waals surface area contributed by atoms with Gasteiger partial charge in [0.2, 0.25) is 11.1 Å². The molecule has 0 aliphatic carbocycles. The molecule has 0 saturated heterocycles. The summed E-state index contributed by atoms with van der Waals surface area (Å²) < 4.78 is 0. The van der Waals surface area contributed by atoms with Crippen LogP contribution in [0, 0.1) is 10.1 Å². The van der Waals surface area contributed by atoms with Crippen molar-refractivity contribution >= 4 is 29.1 Å². The zero-order chi connectivity index (χ0) is 16.0. The summed E-state index contributed by atoms with van der Waals surface area (Å²) in [4.78, 5) is 38.6. The Bertz CT molecular complexity index is 564. The van der Waals surface area contributed by atoms with E-state index in [9.17, 15) is 19.7 Å². The number of nitrogens with one attached hydrogen (secondary N) is 1. The third-order valence-electron chi connectivity index (χ3n) is 2.59. The van der Waals surface area contributed by atoms with Gasteiger partial charge in [-0.05, 0) is 12.5 Å². The zero-order valence-corrected chi connectivity index (χ0v) is 12.4. The molecule has 1 aromatic rings. The molecule has 0 unspecified atom stereocenters. The Morgan fingerprint density at radius 2 is 2.19 bits per heavy atom. The summed E-state index contributed by atoms with van der Waals surface area (Å²) in [6, 6.07) is 1.20. The molecule has 114 valence electrons. The topological polar surface area (TPSA) is 105 Å². The van der Waals surface area contributed by atoms with E-state index in [1.54, 1.807) is 0 Å². The Morgan fingerprint density at radius 1 is 1.52 bits per heavy atom. The van der Waals surface area contributed by atoms with Gasteiger partial charge in [-0.25, -0.2) is 4.98 Å². The maximum absolute atomic E-state index is 12.2. The van der Waals surface area contributed by atoms with Gasteiger partial charge < -0.3 is 10.2 Å². The zero-order valence-electron chi connectivity index (χ0n) is 11.6. The Kier molecular flexibility index (Phi) is 6.04. The van der Waals surface area contributed by atoms with E-state index in [2.05, 4.69) is 10.3 Å². The van der Waals surface area contributed by atoms with Crippen LogP contribution >= 0.6 is 11.6 Å². The van der Waals surface area contributed by atoms with Crippen molar-refractivity contribution in [2.24, 2.45) is 0 Å². The fourth-order valence-corrected chi connectivity index (χ4v) is 1.82. The highest BCUT2D eigenvalue weighted by Crippen LogP contribution is 2.26. The van der Waals surface area contributed by atoms with Crippen LogP contribution < -0.4 is 5.32 Å². The number of aromatic nitrogens is 1. The number of carbonyl (C=O) groups is 2. The van der Waals surface area contributed by atoms with Gasteiger partial charge in [-0.2, -0.15) is 0 Å². The summed E-state index contributed by atoms with van der Waals surface area (Å²) in [6.45, 7) is 2.20. The molecule has 0 aliphatic heterocycles. The number of carbonyl (C=O) groups excluding carboxylic acids is 2. The number of amides is 2. The van der Waals surface area contributed by atoms with Gasteiger partial charge in [-0.3, -0.25) is 19.7 Å². The van der Waals surface area contributed by atoms with Gasteiger partial charge in [0.15, 0.2) is 0 Å². The van der Waals surface area contributed by atoms with E-state index in [1.807, 2.05) is 6.92 Å². The van der Waals surface area contributed by atoms with Crippen molar-refractivity contribution in [3.63, 3.8) is 0 Å². The van der Waals surface area contributed by atoms with Crippen molar-refractivity contribution in [3.05, 3.63) is 33.1 Å². The summed E-state index contributed by atoms with van der Waals surface area (Å²) >= 11 is 5.64. The average molecular weight is 315 g/mol. The number of nitro groups is 1. The molecule has 0 atom stereocenters. The van der Waals surface area contributed by atoms with Crippen LogP contribution in [0.15, 0.2) is 12.3 Å². The largest absolute Gasteiger partial charge is 0.355 e. The van der Waals surface area contributed by atoms with Crippen LogP contribution in [0.5, 0.6) is 0 Å². The van der Waals surface area contributed by atoms with Gasteiger partial charge in [0.05, 0.1) is 11.5 Å². The summed E-state index contributed by atoms with van der Waals surface area (Å²) in [6.07, 6.45) is 1.97. The minimum Gasteiger partial charge on any atom is -0.355 e. The van der Waals surface area contributed by atoms with E-state index in [0.717, 1.165) is 11.3 Å². The molecule has 0 radical (unpaired) electrons.